The van der Waals surface area contributed by atoms with Crippen molar-refractivity contribution in [1.29, 1.82) is 0 Å². The zero-order valence-electron chi connectivity index (χ0n) is 13.7. The molecule has 0 fully saturated rings. The van der Waals surface area contributed by atoms with Gasteiger partial charge in [-0.1, -0.05) is 47.2 Å². The number of hydrogen-bond donors (Lipinski definition) is 0. The molecular formula is C19H11ClFN3O2S. The molecule has 0 radical (unpaired) electrons. The molecule has 4 aromatic rings. The van der Waals surface area contributed by atoms with Crippen LogP contribution in [0.15, 0.2) is 58.1 Å². The molecule has 2 aromatic carbocycles. The molecule has 0 aliphatic carbocycles. The van der Waals surface area contributed by atoms with Crippen molar-refractivity contribution in [1.82, 2.24) is 14.6 Å². The maximum absolute atomic E-state index is 13.3. The molecule has 0 bridgehead atoms. The predicted octanol–water partition coefficient (Wildman–Crippen LogP) is 2.44. The molecule has 5 nitrogen and oxygen atoms in total. The van der Waals surface area contributed by atoms with Gasteiger partial charge in [0, 0.05) is 11.4 Å². The van der Waals surface area contributed by atoms with E-state index in [2.05, 4.69) is 10.1 Å². The van der Waals surface area contributed by atoms with Crippen molar-refractivity contribution in [2.75, 3.05) is 0 Å². The minimum atomic E-state index is -0.483. The number of benzene rings is 2. The van der Waals surface area contributed by atoms with Gasteiger partial charge in [0.1, 0.15) is 11.5 Å². The molecule has 4 rings (SSSR count). The van der Waals surface area contributed by atoms with Gasteiger partial charge in [0.05, 0.1) is 4.53 Å². The summed E-state index contributed by atoms with van der Waals surface area (Å²) in [5, 5.41) is 4.78. The molecule has 2 heterocycles. The average molecular weight is 400 g/mol. The summed E-state index contributed by atoms with van der Waals surface area (Å²) in [5.41, 5.74) is 0.664. The van der Waals surface area contributed by atoms with Crippen molar-refractivity contribution in [2.45, 2.75) is 6.42 Å². The van der Waals surface area contributed by atoms with Crippen LogP contribution in [-0.4, -0.2) is 14.6 Å². The smallest absolute Gasteiger partial charge is 0.266 e. The Balaban J connectivity index is 1.80. The number of aromatic nitrogens is 3. The van der Waals surface area contributed by atoms with E-state index in [1.807, 2.05) is 0 Å². The van der Waals surface area contributed by atoms with Gasteiger partial charge in [-0.25, -0.2) is 4.39 Å². The van der Waals surface area contributed by atoms with Crippen molar-refractivity contribution in [3.05, 3.63) is 101 Å². The number of thiazole rings is 1. The molecule has 8 heteroatoms. The highest BCUT2D eigenvalue weighted by molar-refractivity contribution is 7.15. The van der Waals surface area contributed by atoms with E-state index in [9.17, 15) is 14.0 Å². The highest BCUT2D eigenvalue weighted by atomic mass is 35.5. The van der Waals surface area contributed by atoms with Gasteiger partial charge in [-0.2, -0.15) is 14.6 Å². The number of hydrogen-bond acceptors (Lipinski definition) is 5. The third-order valence-corrected chi connectivity index (χ3v) is 5.09. The monoisotopic (exact) mass is 399 g/mol. The Morgan fingerprint density at radius 3 is 2.67 bits per heavy atom. The van der Waals surface area contributed by atoms with Crippen LogP contribution >= 0.6 is 22.9 Å². The second kappa shape index (κ2) is 7.02. The molecule has 0 saturated carbocycles. The van der Waals surface area contributed by atoms with E-state index >= 15 is 0 Å². The second-order valence-electron chi connectivity index (χ2n) is 5.83. The minimum absolute atomic E-state index is 0.169. The van der Waals surface area contributed by atoms with Gasteiger partial charge in [-0.15, -0.1) is 0 Å². The summed E-state index contributed by atoms with van der Waals surface area (Å²) in [4.78, 5) is 29.0. The Bertz CT molecular complexity index is 1320. The van der Waals surface area contributed by atoms with Crippen LogP contribution in [0, 0.1) is 5.82 Å². The van der Waals surface area contributed by atoms with Crippen LogP contribution in [0.3, 0.4) is 0 Å². The van der Waals surface area contributed by atoms with E-state index in [1.54, 1.807) is 42.5 Å². The third-order valence-electron chi connectivity index (χ3n) is 3.88. The van der Waals surface area contributed by atoms with Crippen LogP contribution in [0.25, 0.3) is 11.0 Å². The summed E-state index contributed by atoms with van der Waals surface area (Å²) in [7, 11) is 0. The van der Waals surface area contributed by atoms with Crippen LogP contribution in [0.1, 0.15) is 16.8 Å². The van der Waals surface area contributed by atoms with E-state index in [-0.39, 0.29) is 17.1 Å². The third kappa shape index (κ3) is 3.65. The van der Waals surface area contributed by atoms with Gasteiger partial charge in [0.2, 0.25) is 4.96 Å². The largest absolute Gasteiger partial charge is 0.296 e. The van der Waals surface area contributed by atoms with E-state index in [1.165, 1.54) is 12.1 Å². The summed E-state index contributed by atoms with van der Waals surface area (Å²) < 4.78 is 14.8. The van der Waals surface area contributed by atoms with Crippen molar-refractivity contribution < 1.29 is 4.39 Å². The maximum Gasteiger partial charge on any atom is 0.296 e. The summed E-state index contributed by atoms with van der Waals surface area (Å²) in [6, 6.07) is 12.9. The molecule has 0 amide bonds. The molecule has 134 valence electrons. The topological polar surface area (TPSA) is 64.3 Å². The number of nitrogens with zero attached hydrogens (tertiary/aromatic N) is 3. The highest BCUT2D eigenvalue weighted by Gasteiger charge is 2.11. The van der Waals surface area contributed by atoms with Gasteiger partial charge < -0.3 is 0 Å². The molecule has 0 unspecified atom stereocenters. The van der Waals surface area contributed by atoms with Crippen molar-refractivity contribution in [2.24, 2.45) is 0 Å². The molecule has 0 saturated heterocycles. The fraction of sp³-hybridized carbons (Fsp3) is 0.0526. The Labute approximate surface area is 161 Å². The van der Waals surface area contributed by atoms with E-state index < -0.39 is 16.9 Å². The zero-order chi connectivity index (χ0) is 19.0. The normalized spacial score (nSPS) is 12.0. The van der Waals surface area contributed by atoms with Crippen molar-refractivity contribution in [3.8, 4) is 0 Å². The van der Waals surface area contributed by atoms with Gasteiger partial charge in [-0.3, -0.25) is 9.59 Å². The van der Waals surface area contributed by atoms with Crippen LogP contribution in [0.5, 0.6) is 0 Å². The number of fused-ring (bicyclic) bond motifs is 1. The first kappa shape index (κ1) is 17.5. The standard InChI is InChI=1S/C19H11ClFN3O2S/c20-13-6-4-11(5-7-13)9-15-17(25)22-19-24(23-15)18(26)16(27-19)10-12-2-1-3-14(21)8-12/h1-8,10H,9H2/b16-10-. The molecule has 0 atom stereocenters. The zero-order valence-corrected chi connectivity index (χ0v) is 15.3. The first-order valence-corrected chi connectivity index (χ1v) is 9.13. The quantitative estimate of drug-likeness (QED) is 0.531. The van der Waals surface area contributed by atoms with Gasteiger partial charge >= 0.3 is 0 Å². The lowest BCUT2D eigenvalue weighted by Gasteiger charge is -2.00. The fourth-order valence-electron chi connectivity index (χ4n) is 2.60. The molecule has 27 heavy (non-hydrogen) atoms. The Morgan fingerprint density at radius 2 is 1.93 bits per heavy atom. The van der Waals surface area contributed by atoms with E-state index in [0.717, 1.165) is 21.4 Å². The average Bonchev–Trinajstić information content (AvgIpc) is 2.92. The fourth-order valence-corrected chi connectivity index (χ4v) is 3.63. The molecule has 0 aliphatic heterocycles. The summed E-state index contributed by atoms with van der Waals surface area (Å²) in [5.74, 6) is -0.395. The SMILES string of the molecule is O=c1nc2s/c(=C\c3cccc(F)c3)c(=O)n2nc1Cc1ccc(Cl)cc1. The van der Waals surface area contributed by atoms with E-state index in [0.29, 0.717) is 15.1 Å². The Kier molecular flexibility index (Phi) is 4.55. The van der Waals surface area contributed by atoms with Gasteiger partial charge in [0.15, 0.2) is 0 Å². The number of rotatable bonds is 3. The molecule has 0 N–H and O–H groups in total. The minimum Gasteiger partial charge on any atom is -0.266 e. The van der Waals surface area contributed by atoms with Gasteiger partial charge in [-0.05, 0) is 41.5 Å². The first-order chi connectivity index (χ1) is 13.0. The predicted molar refractivity (Wildman–Crippen MR) is 103 cm³/mol. The Hall–Kier alpha value is -2.90. The van der Waals surface area contributed by atoms with Crippen molar-refractivity contribution >= 4 is 34.0 Å². The Morgan fingerprint density at radius 1 is 1.15 bits per heavy atom. The molecule has 2 aromatic heterocycles. The molecule has 0 spiro atoms. The van der Waals surface area contributed by atoms with Crippen LogP contribution in [-0.2, 0) is 6.42 Å². The lowest BCUT2D eigenvalue weighted by molar-refractivity contribution is 0.627. The highest BCUT2D eigenvalue weighted by Crippen LogP contribution is 2.11. The summed E-state index contributed by atoms with van der Waals surface area (Å²) in [6.07, 6.45) is 1.79. The van der Waals surface area contributed by atoms with Crippen LogP contribution in [0.4, 0.5) is 4.39 Å². The van der Waals surface area contributed by atoms with Crippen molar-refractivity contribution in [3.63, 3.8) is 0 Å². The number of halogens is 2. The molecular weight excluding hydrogens is 389 g/mol. The first-order valence-electron chi connectivity index (χ1n) is 7.94. The lowest BCUT2D eigenvalue weighted by atomic mass is 10.1. The summed E-state index contributed by atoms with van der Waals surface area (Å²) in [6.45, 7) is 0. The van der Waals surface area contributed by atoms with Crippen LogP contribution in [0.2, 0.25) is 5.02 Å². The van der Waals surface area contributed by atoms with Gasteiger partial charge in [0.25, 0.3) is 11.1 Å². The van der Waals surface area contributed by atoms with Crippen LogP contribution < -0.4 is 15.7 Å². The molecule has 0 aliphatic rings. The maximum atomic E-state index is 13.3. The second-order valence-corrected chi connectivity index (χ2v) is 7.28. The van der Waals surface area contributed by atoms with E-state index in [4.69, 9.17) is 11.6 Å². The summed E-state index contributed by atoms with van der Waals surface area (Å²) >= 11 is 6.90. The lowest BCUT2D eigenvalue weighted by Crippen LogP contribution is -2.28.